The predicted octanol–water partition coefficient (Wildman–Crippen LogP) is 4.15. The van der Waals surface area contributed by atoms with Crippen LogP contribution in [0.5, 0.6) is 0 Å². The van der Waals surface area contributed by atoms with Crippen LogP contribution in [0.25, 0.3) is 22.0 Å². The Morgan fingerprint density at radius 1 is 1.15 bits per heavy atom. The van der Waals surface area contributed by atoms with Gasteiger partial charge in [0.1, 0.15) is 5.69 Å². The van der Waals surface area contributed by atoms with Gasteiger partial charge in [-0.25, -0.2) is 5.43 Å². The zero-order valence-corrected chi connectivity index (χ0v) is 15.2. The fourth-order valence-corrected chi connectivity index (χ4v) is 4.21. The number of hydrogen-bond donors (Lipinski definition) is 2. The van der Waals surface area contributed by atoms with Gasteiger partial charge in [-0.05, 0) is 52.3 Å². The van der Waals surface area contributed by atoms with E-state index in [4.69, 9.17) is 0 Å². The number of H-pyrrole nitrogens is 1. The van der Waals surface area contributed by atoms with E-state index in [1.165, 1.54) is 21.9 Å². The lowest BCUT2D eigenvalue weighted by atomic mass is 9.98. The molecule has 6 heteroatoms. The first-order valence-corrected chi connectivity index (χ1v) is 9.64. The second kappa shape index (κ2) is 6.48. The van der Waals surface area contributed by atoms with Gasteiger partial charge in [-0.15, -0.1) is 11.3 Å². The van der Waals surface area contributed by atoms with Crippen molar-refractivity contribution in [2.45, 2.75) is 12.8 Å². The molecular formula is C21H16N4OS. The Morgan fingerprint density at radius 2 is 2.04 bits per heavy atom. The molecule has 2 N–H and O–H groups in total. The van der Waals surface area contributed by atoms with Crippen LogP contribution in [-0.2, 0) is 12.8 Å². The van der Waals surface area contributed by atoms with Gasteiger partial charge in [0, 0.05) is 10.4 Å². The molecule has 5 rings (SSSR count). The minimum absolute atomic E-state index is 0.313. The molecule has 0 saturated carbocycles. The van der Waals surface area contributed by atoms with Crippen molar-refractivity contribution in [3.05, 3.63) is 75.6 Å². The highest BCUT2D eigenvalue weighted by atomic mass is 32.1. The van der Waals surface area contributed by atoms with Gasteiger partial charge in [0.05, 0.1) is 11.9 Å². The fourth-order valence-electron chi connectivity index (χ4n) is 3.63. The molecule has 0 aliphatic heterocycles. The average molecular weight is 372 g/mol. The Morgan fingerprint density at radius 3 is 2.89 bits per heavy atom. The lowest BCUT2D eigenvalue weighted by Gasteiger charge is -2.06. The van der Waals surface area contributed by atoms with Gasteiger partial charge in [0.25, 0.3) is 5.91 Å². The highest BCUT2D eigenvalue weighted by molar-refractivity contribution is 7.11. The van der Waals surface area contributed by atoms with Gasteiger partial charge in [-0.2, -0.15) is 10.2 Å². The van der Waals surface area contributed by atoms with E-state index in [1.54, 1.807) is 23.6 Å². The summed E-state index contributed by atoms with van der Waals surface area (Å²) in [6.45, 7) is 0. The maximum Gasteiger partial charge on any atom is 0.289 e. The summed E-state index contributed by atoms with van der Waals surface area (Å²) in [5.41, 5.74) is 7.50. The third-order valence-electron chi connectivity index (χ3n) is 4.88. The number of benzene rings is 2. The summed E-state index contributed by atoms with van der Waals surface area (Å²) in [7, 11) is 0. The maximum atomic E-state index is 12.3. The van der Waals surface area contributed by atoms with Gasteiger partial charge >= 0.3 is 0 Å². The van der Waals surface area contributed by atoms with Crippen LogP contribution in [0.4, 0.5) is 0 Å². The summed E-state index contributed by atoms with van der Waals surface area (Å²) in [5, 5.41) is 15.7. The van der Waals surface area contributed by atoms with E-state index in [-0.39, 0.29) is 5.91 Å². The Bertz CT molecular complexity index is 1160. The van der Waals surface area contributed by atoms with Crippen LogP contribution < -0.4 is 5.43 Å². The topological polar surface area (TPSA) is 70.1 Å². The number of carbonyl (C=O) groups excluding carboxylic acids is 1. The molecule has 5 nitrogen and oxygen atoms in total. The Labute approximate surface area is 159 Å². The molecule has 0 atom stereocenters. The van der Waals surface area contributed by atoms with Crippen LogP contribution in [0.2, 0.25) is 0 Å². The summed E-state index contributed by atoms with van der Waals surface area (Å²) in [5.74, 6) is -0.313. The summed E-state index contributed by atoms with van der Waals surface area (Å²) in [4.78, 5) is 13.3. The number of aryl methyl sites for hydroxylation is 2. The van der Waals surface area contributed by atoms with Crippen LogP contribution >= 0.6 is 11.3 Å². The van der Waals surface area contributed by atoms with Crippen molar-refractivity contribution in [3.63, 3.8) is 0 Å². The largest absolute Gasteiger partial charge is 0.289 e. The highest BCUT2D eigenvalue weighted by Gasteiger charge is 2.18. The summed E-state index contributed by atoms with van der Waals surface area (Å²) < 4.78 is 0. The van der Waals surface area contributed by atoms with Crippen LogP contribution in [-0.4, -0.2) is 22.3 Å². The Balaban J connectivity index is 1.43. The zero-order valence-electron chi connectivity index (χ0n) is 14.4. The second-order valence-corrected chi connectivity index (χ2v) is 7.47. The third-order valence-corrected chi connectivity index (χ3v) is 5.68. The van der Waals surface area contributed by atoms with Crippen molar-refractivity contribution in [2.24, 2.45) is 5.10 Å². The number of aromatic amines is 1. The zero-order chi connectivity index (χ0) is 18.2. The number of amides is 1. The number of hydrazone groups is 1. The Hall–Kier alpha value is -3.25. The van der Waals surface area contributed by atoms with Crippen molar-refractivity contribution in [2.75, 3.05) is 0 Å². The molecule has 2 aromatic carbocycles. The van der Waals surface area contributed by atoms with Crippen LogP contribution in [0, 0.1) is 0 Å². The molecule has 1 aliphatic rings. The molecule has 0 bridgehead atoms. The maximum absolute atomic E-state index is 12.3. The van der Waals surface area contributed by atoms with Gasteiger partial charge in [-0.3, -0.25) is 9.89 Å². The standard InChI is InChI=1S/C21H16N4OS/c26-21(25-22-12-15-4-2-10-27-15)19-11-18(23-24-19)16-9-8-14-7-6-13-3-1-5-17(16)20(13)14/h1-5,8-12H,6-7H2,(H,23,24)(H,25,26)/b22-12+. The molecule has 0 saturated heterocycles. The Kier molecular flexibility index (Phi) is 3.83. The highest BCUT2D eigenvalue weighted by Crippen LogP contribution is 2.36. The normalized spacial score (nSPS) is 12.9. The molecule has 4 aromatic rings. The molecule has 0 unspecified atom stereocenters. The lowest BCUT2D eigenvalue weighted by molar-refractivity contribution is 0.0950. The number of nitrogens with one attached hydrogen (secondary N) is 2. The van der Waals surface area contributed by atoms with E-state index in [0.717, 1.165) is 29.0 Å². The molecule has 0 radical (unpaired) electrons. The first kappa shape index (κ1) is 16.0. The minimum Gasteiger partial charge on any atom is -0.272 e. The fraction of sp³-hybridized carbons (Fsp3) is 0.0952. The summed E-state index contributed by atoms with van der Waals surface area (Å²) in [6, 6.07) is 16.3. The van der Waals surface area contributed by atoms with Gasteiger partial charge in [-0.1, -0.05) is 36.4 Å². The quantitative estimate of drug-likeness (QED) is 0.417. The number of thiophene rings is 1. The lowest BCUT2D eigenvalue weighted by Crippen LogP contribution is -2.17. The number of nitrogens with zero attached hydrogens (tertiary/aromatic N) is 2. The van der Waals surface area contributed by atoms with Crippen molar-refractivity contribution >= 4 is 34.2 Å². The van der Waals surface area contributed by atoms with E-state index in [9.17, 15) is 4.79 Å². The average Bonchev–Trinajstić information content (AvgIpc) is 3.44. The van der Waals surface area contributed by atoms with Gasteiger partial charge < -0.3 is 0 Å². The van der Waals surface area contributed by atoms with Crippen LogP contribution in [0.3, 0.4) is 0 Å². The number of aromatic nitrogens is 2. The van der Waals surface area contributed by atoms with Crippen molar-refractivity contribution in [1.82, 2.24) is 15.6 Å². The summed E-state index contributed by atoms with van der Waals surface area (Å²) in [6.07, 6.45) is 3.81. The van der Waals surface area contributed by atoms with Crippen LogP contribution in [0.15, 0.2) is 59.0 Å². The van der Waals surface area contributed by atoms with Crippen molar-refractivity contribution in [3.8, 4) is 11.3 Å². The number of carbonyl (C=O) groups is 1. The van der Waals surface area contributed by atoms with E-state index in [1.807, 2.05) is 17.5 Å². The van der Waals surface area contributed by atoms with Gasteiger partial charge in [0.2, 0.25) is 0 Å². The van der Waals surface area contributed by atoms with E-state index in [2.05, 4.69) is 51.1 Å². The molecule has 0 spiro atoms. The minimum atomic E-state index is -0.313. The number of hydrogen-bond acceptors (Lipinski definition) is 4. The SMILES string of the molecule is O=C(N/N=C/c1cccs1)c1cc(-c2ccc3c4c(cccc24)CC3)n[nH]1. The molecule has 1 amide bonds. The molecule has 2 aromatic heterocycles. The second-order valence-electron chi connectivity index (χ2n) is 6.49. The molecule has 1 aliphatic carbocycles. The molecule has 132 valence electrons. The first-order valence-electron chi connectivity index (χ1n) is 8.76. The van der Waals surface area contributed by atoms with Crippen molar-refractivity contribution in [1.29, 1.82) is 0 Å². The first-order chi connectivity index (χ1) is 13.3. The smallest absolute Gasteiger partial charge is 0.272 e. The van der Waals surface area contributed by atoms with E-state index >= 15 is 0 Å². The molecule has 0 fully saturated rings. The summed E-state index contributed by atoms with van der Waals surface area (Å²) >= 11 is 1.56. The van der Waals surface area contributed by atoms with Crippen molar-refractivity contribution < 1.29 is 4.79 Å². The van der Waals surface area contributed by atoms with E-state index < -0.39 is 0 Å². The van der Waals surface area contributed by atoms with E-state index in [0.29, 0.717) is 5.69 Å². The third kappa shape index (κ3) is 2.84. The molecule has 27 heavy (non-hydrogen) atoms. The van der Waals surface area contributed by atoms with Gasteiger partial charge in [0.15, 0.2) is 0 Å². The number of rotatable bonds is 4. The molecular weight excluding hydrogens is 356 g/mol. The van der Waals surface area contributed by atoms with Crippen LogP contribution in [0.1, 0.15) is 26.5 Å². The molecule has 2 heterocycles. The monoisotopic (exact) mass is 372 g/mol. The predicted molar refractivity (Wildman–Crippen MR) is 108 cm³/mol.